The van der Waals surface area contributed by atoms with Crippen LogP contribution < -0.4 is 4.31 Å². The Hall–Kier alpha value is -3.29. The average Bonchev–Trinajstić information content (AvgIpc) is 3.44. The molecule has 2 N–H and O–H groups in total. The summed E-state index contributed by atoms with van der Waals surface area (Å²) in [5, 5.41) is 18.9. The van der Waals surface area contributed by atoms with Gasteiger partial charge in [0.1, 0.15) is 22.9 Å². The first-order valence-corrected chi connectivity index (χ1v) is 13.0. The molecule has 6 rings (SSSR count). The molecule has 0 aliphatic carbocycles. The van der Waals surface area contributed by atoms with Crippen molar-refractivity contribution in [2.75, 3.05) is 10.8 Å². The molecule has 1 fully saturated rings. The number of nitrogens with zero attached hydrogens (tertiary/aromatic N) is 1. The van der Waals surface area contributed by atoms with Crippen molar-refractivity contribution >= 4 is 26.9 Å². The molecule has 0 radical (unpaired) electrons. The van der Waals surface area contributed by atoms with Gasteiger partial charge in [-0.25, -0.2) is 8.42 Å². The van der Waals surface area contributed by atoms with Crippen LogP contribution in [0.3, 0.4) is 0 Å². The van der Waals surface area contributed by atoms with Gasteiger partial charge in [-0.1, -0.05) is 42.5 Å². The molecule has 6 nitrogen and oxygen atoms in total. The zero-order valence-corrected chi connectivity index (χ0v) is 19.3. The Labute approximate surface area is 198 Å². The van der Waals surface area contributed by atoms with E-state index in [1.807, 2.05) is 36.4 Å². The van der Waals surface area contributed by atoms with Crippen LogP contribution in [0.2, 0.25) is 0 Å². The van der Waals surface area contributed by atoms with E-state index < -0.39 is 21.4 Å². The number of hydrogen-bond acceptors (Lipinski definition) is 5. The summed E-state index contributed by atoms with van der Waals surface area (Å²) in [7, 11) is -3.68. The van der Waals surface area contributed by atoms with Crippen LogP contribution in [0.15, 0.2) is 72.8 Å². The minimum absolute atomic E-state index is 0.147. The van der Waals surface area contributed by atoms with E-state index in [-0.39, 0.29) is 17.6 Å². The minimum atomic E-state index is -3.68. The van der Waals surface area contributed by atoms with Crippen LogP contribution >= 0.6 is 0 Å². The Morgan fingerprint density at radius 1 is 0.824 bits per heavy atom. The lowest BCUT2D eigenvalue weighted by Gasteiger charge is -2.35. The first-order chi connectivity index (χ1) is 16.4. The third-order valence-electron chi connectivity index (χ3n) is 7.11. The van der Waals surface area contributed by atoms with Gasteiger partial charge in [-0.05, 0) is 77.4 Å². The molecule has 3 aromatic rings. The van der Waals surface area contributed by atoms with E-state index in [0.29, 0.717) is 13.0 Å². The number of fused-ring (bicyclic) bond motifs is 3. The summed E-state index contributed by atoms with van der Waals surface area (Å²) in [6, 6.07) is 21.4. The van der Waals surface area contributed by atoms with Gasteiger partial charge >= 0.3 is 0 Å². The first-order valence-electron chi connectivity index (χ1n) is 11.5. The lowest BCUT2D eigenvalue weighted by atomic mass is 9.83. The van der Waals surface area contributed by atoms with E-state index in [1.54, 1.807) is 40.7 Å². The largest absolute Gasteiger partial charge is 0.508 e. The van der Waals surface area contributed by atoms with E-state index >= 15 is 0 Å². The molecule has 0 aromatic heterocycles. The second-order valence-corrected chi connectivity index (χ2v) is 11.2. The maximum Gasteiger partial charge on any atom is 0.241 e. The number of phenolic OH excluding ortho intramolecular Hbond substituents is 2. The summed E-state index contributed by atoms with van der Waals surface area (Å²) in [6.45, 7) is 0.469. The predicted molar refractivity (Wildman–Crippen MR) is 131 cm³/mol. The number of aryl methyl sites for hydroxylation is 1. The number of phenols is 2. The van der Waals surface area contributed by atoms with E-state index in [4.69, 9.17) is 4.74 Å². The zero-order valence-electron chi connectivity index (χ0n) is 18.5. The molecular formula is C27H25NO5S. The first kappa shape index (κ1) is 21.3. The highest BCUT2D eigenvalue weighted by molar-refractivity contribution is 7.93. The van der Waals surface area contributed by atoms with Gasteiger partial charge in [0.2, 0.25) is 10.0 Å². The number of ether oxygens (including phenoxy) is 1. The van der Waals surface area contributed by atoms with Crippen molar-refractivity contribution in [3.63, 3.8) is 0 Å². The highest BCUT2D eigenvalue weighted by Gasteiger charge is 2.54. The molecule has 7 heteroatoms. The third-order valence-corrected chi connectivity index (χ3v) is 9.30. The van der Waals surface area contributed by atoms with Gasteiger partial charge in [-0.3, -0.25) is 4.31 Å². The number of anilines is 1. The number of aromatic hydroxyl groups is 2. The van der Waals surface area contributed by atoms with Crippen LogP contribution in [0.5, 0.6) is 11.5 Å². The van der Waals surface area contributed by atoms with Crippen molar-refractivity contribution in [2.45, 2.75) is 36.7 Å². The number of para-hydroxylation sites is 1. The van der Waals surface area contributed by atoms with Crippen molar-refractivity contribution in [3.8, 4) is 11.5 Å². The van der Waals surface area contributed by atoms with Crippen molar-refractivity contribution in [1.82, 2.24) is 0 Å². The molecule has 3 aliphatic rings. The van der Waals surface area contributed by atoms with Gasteiger partial charge in [0.15, 0.2) is 0 Å². The fourth-order valence-electron chi connectivity index (χ4n) is 5.57. The van der Waals surface area contributed by atoms with Gasteiger partial charge in [-0.15, -0.1) is 0 Å². The minimum Gasteiger partial charge on any atom is -0.508 e. The summed E-state index contributed by atoms with van der Waals surface area (Å²) in [5.41, 5.74) is 5.33. The Morgan fingerprint density at radius 3 is 2.12 bits per heavy atom. The average molecular weight is 476 g/mol. The lowest BCUT2D eigenvalue weighted by molar-refractivity contribution is 0.128. The highest BCUT2D eigenvalue weighted by Crippen LogP contribution is 2.51. The van der Waals surface area contributed by atoms with Gasteiger partial charge in [0.25, 0.3) is 0 Å². The summed E-state index contributed by atoms with van der Waals surface area (Å²) in [5.74, 6) is 0.317. The molecule has 3 aromatic carbocycles. The quantitative estimate of drug-likeness (QED) is 0.587. The molecule has 0 unspecified atom stereocenters. The van der Waals surface area contributed by atoms with Crippen molar-refractivity contribution in [1.29, 1.82) is 0 Å². The summed E-state index contributed by atoms with van der Waals surface area (Å²) in [6.07, 6.45) is 1.07. The molecule has 0 saturated carbocycles. The van der Waals surface area contributed by atoms with E-state index in [0.717, 1.165) is 46.4 Å². The van der Waals surface area contributed by atoms with Crippen LogP contribution in [-0.4, -0.2) is 42.6 Å². The number of rotatable bonds is 4. The summed E-state index contributed by atoms with van der Waals surface area (Å²) < 4.78 is 35.9. The molecule has 3 atom stereocenters. The lowest BCUT2D eigenvalue weighted by Crippen LogP contribution is -2.45. The Morgan fingerprint density at radius 2 is 1.44 bits per heavy atom. The second kappa shape index (κ2) is 7.89. The molecule has 34 heavy (non-hydrogen) atoms. The molecule has 0 spiro atoms. The van der Waals surface area contributed by atoms with Crippen molar-refractivity contribution in [3.05, 3.63) is 89.5 Å². The molecule has 3 heterocycles. The molecule has 3 aliphatic heterocycles. The Balaban J connectivity index is 1.45. The SMILES string of the molecule is O=S(=O)([C@@H]1C[C@@H]2O[C@H]1C(c1ccc(O)cc1)=C2c1ccc(O)cc1)N1CCCc2ccccc21. The predicted octanol–water partition coefficient (Wildman–Crippen LogP) is 4.33. The van der Waals surface area contributed by atoms with Crippen LogP contribution in [0.4, 0.5) is 5.69 Å². The maximum absolute atomic E-state index is 14.0. The standard InChI is InChI=1S/C27H25NO5S/c29-20-11-7-18(8-12-20)25-23-16-24(27(33-23)26(25)19-9-13-21(30)14-10-19)34(31,32)28-15-3-5-17-4-1-2-6-22(17)28/h1-2,4,6-14,23-24,27,29-30H,3,5,15-16H2/t23-,24+,27+/m0/s1. The van der Waals surface area contributed by atoms with E-state index in [1.165, 1.54) is 0 Å². The van der Waals surface area contributed by atoms with Crippen LogP contribution in [0.1, 0.15) is 29.5 Å². The molecule has 2 bridgehead atoms. The number of sulfonamides is 1. The summed E-state index contributed by atoms with van der Waals surface area (Å²) in [4.78, 5) is 0. The van der Waals surface area contributed by atoms with Gasteiger partial charge in [-0.2, -0.15) is 0 Å². The van der Waals surface area contributed by atoms with Crippen molar-refractivity contribution < 1.29 is 23.4 Å². The van der Waals surface area contributed by atoms with Crippen LogP contribution in [0, 0.1) is 0 Å². The summed E-state index contributed by atoms with van der Waals surface area (Å²) >= 11 is 0. The van der Waals surface area contributed by atoms with Crippen LogP contribution in [0.25, 0.3) is 11.1 Å². The Bertz CT molecular complexity index is 1380. The molecule has 174 valence electrons. The van der Waals surface area contributed by atoms with E-state index in [9.17, 15) is 18.6 Å². The monoisotopic (exact) mass is 475 g/mol. The smallest absolute Gasteiger partial charge is 0.241 e. The molecule has 0 amide bonds. The number of benzene rings is 3. The number of hydrogen-bond donors (Lipinski definition) is 2. The van der Waals surface area contributed by atoms with Crippen LogP contribution in [-0.2, 0) is 21.2 Å². The highest BCUT2D eigenvalue weighted by atomic mass is 32.2. The zero-order chi connectivity index (χ0) is 23.4. The van der Waals surface area contributed by atoms with Gasteiger partial charge in [0.05, 0.1) is 11.8 Å². The third kappa shape index (κ3) is 3.30. The Kier molecular flexibility index (Phi) is 4.93. The van der Waals surface area contributed by atoms with E-state index in [2.05, 4.69) is 0 Å². The van der Waals surface area contributed by atoms with Crippen molar-refractivity contribution in [2.24, 2.45) is 0 Å². The molecular weight excluding hydrogens is 450 g/mol. The fraction of sp³-hybridized carbons (Fsp3) is 0.259. The molecule has 1 saturated heterocycles. The normalized spacial score (nSPS) is 23.9. The fourth-order valence-corrected chi connectivity index (χ4v) is 7.66. The topological polar surface area (TPSA) is 87.1 Å². The van der Waals surface area contributed by atoms with Gasteiger partial charge < -0.3 is 14.9 Å². The second-order valence-electron chi connectivity index (χ2n) is 9.09. The van der Waals surface area contributed by atoms with Gasteiger partial charge in [0, 0.05) is 6.54 Å². The maximum atomic E-state index is 14.0.